The summed E-state index contributed by atoms with van der Waals surface area (Å²) in [6.07, 6.45) is 2.99. The SMILES string of the molecule is CCCC[C@H](NC(=O)[C@H](Cc1c[nH]c2ccccc12)NC(=O)CNC(=O)[C@H](CCCC)NC(=O)[C@@H](N)Cc1ccc(OS(=O)(=O)[O-])cc1)C(=O)N[C@@H](CC(=O)O)C(=O)N[C@@H](Cc1ccccc1)C(N)=O.[Na+]. The van der Waals surface area contributed by atoms with Gasteiger partial charge in [-0.15, -0.1) is 0 Å². The molecular formula is C47H60N9NaO13S. The summed E-state index contributed by atoms with van der Waals surface area (Å²) in [5, 5.41) is 25.7. The molecule has 22 nitrogen and oxygen atoms in total. The van der Waals surface area contributed by atoms with Crippen molar-refractivity contribution in [1.29, 1.82) is 0 Å². The van der Waals surface area contributed by atoms with Crippen LogP contribution in [0.15, 0.2) is 85.1 Å². The molecule has 7 amide bonds. The predicted molar refractivity (Wildman–Crippen MR) is 254 cm³/mol. The summed E-state index contributed by atoms with van der Waals surface area (Å²) in [7, 11) is -4.99. The molecule has 0 aliphatic rings. The number of hydrogen-bond donors (Lipinski definition) is 10. The van der Waals surface area contributed by atoms with Crippen LogP contribution in [-0.4, -0.2) is 113 Å². The summed E-state index contributed by atoms with van der Waals surface area (Å²) in [5.41, 5.74) is 14.2. The number of hydrogen-bond acceptors (Lipinski definition) is 13. The van der Waals surface area contributed by atoms with Crippen LogP contribution in [0.2, 0.25) is 0 Å². The van der Waals surface area contributed by atoms with Crippen LogP contribution in [0.25, 0.3) is 10.9 Å². The first kappa shape index (κ1) is 58.9. The number of para-hydroxylation sites is 1. The van der Waals surface area contributed by atoms with Crippen LogP contribution in [0.3, 0.4) is 0 Å². The Morgan fingerprint density at radius 1 is 0.662 bits per heavy atom. The van der Waals surface area contributed by atoms with Gasteiger partial charge >= 0.3 is 35.5 Å². The van der Waals surface area contributed by atoms with Crippen molar-refractivity contribution in [2.24, 2.45) is 11.5 Å². The second-order valence-electron chi connectivity index (χ2n) is 16.6. The van der Waals surface area contributed by atoms with Crippen LogP contribution in [0.5, 0.6) is 5.75 Å². The van der Waals surface area contributed by atoms with Crippen molar-refractivity contribution in [3.05, 3.63) is 102 Å². The number of aromatic nitrogens is 1. The number of carboxylic acids is 1. The summed E-state index contributed by atoms with van der Waals surface area (Å²) < 4.78 is 37.0. The number of carbonyl (C=O) groups excluding carboxylic acids is 7. The molecule has 0 saturated heterocycles. The Labute approximate surface area is 433 Å². The van der Waals surface area contributed by atoms with Gasteiger partial charge in [0.1, 0.15) is 36.0 Å². The molecule has 0 unspecified atom stereocenters. The van der Waals surface area contributed by atoms with E-state index in [0.717, 1.165) is 10.9 Å². The number of amides is 7. The Bertz CT molecular complexity index is 2570. The molecule has 1 heterocycles. The molecule has 6 atom stereocenters. The zero-order valence-corrected chi connectivity index (χ0v) is 42.6. The predicted octanol–water partition coefficient (Wildman–Crippen LogP) is -2.75. The van der Waals surface area contributed by atoms with Crippen molar-refractivity contribution in [3.63, 3.8) is 0 Å². The second-order valence-corrected chi connectivity index (χ2v) is 17.5. The fourth-order valence-corrected chi connectivity index (χ4v) is 7.66. The molecule has 378 valence electrons. The number of nitrogens with one attached hydrogen (secondary N) is 7. The fourth-order valence-electron chi connectivity index (χ4n) is 7.32. The van der Waals surface area contributed by atoms with Gasteiger partial charge in [-0.3, -0.25) is 38.4 Å². The van der Waals surface area contributed by atoms with Crippen molar-refractivity contribution in [2.75, 3.05) is 6.54 Å². The Balaban J connectivity index is 0.0000133. The van der Waals surface area contributed by atoms with Gasteiger partial charge in [0.25, 0.3) is 10.4 Å². The van der Waals surface area contributed by atoms with Crippen LogP contribution in [-0.2, 0) is 68.0 Å². The normalized spacial score (nSPS) is 13.6. The van der Waals surface area contributed by atoms with Crippen LogP contribution < -0.4 is 77.1 Å². The number of aromatic amines is 1. The molecule has 0 saturated carbocycles. The van der Waals surface area contributed by atoms with Crippen LogP contribution >= 0.6 is 0 Å². The number of primary amides is 1. The van der Waals surface area contributed by atoms with Gasteiger partial charge in [0, 0.05) is 29.9 Å². The summed E-state index contributed by atoms with van der Waals surface area (Å²) in [4.78, 5) is 109. The minimum absolute atomic E-state index is 0. The zero-order valence-electron chi connectivity index (χ0n) is 39.7. The number of benzene rings is 3. The van der Waals surface area contributed by atoms with Gasteiger partial charge in [0.15, 0.2) is 0 Å². The van der Waals surface area contributed by atoms with Crippen molar-refractivity contribution in [2.45, 2.75) is 114 Å². The van der Waals surface area contributed by atoms with E-state index in [2.05, 4.69) is 41.1 Å². The van der Waals surface area contributed by atoms with Crippen molar-refractivity contribution in [3.8, 4) is 5.75 Å². The van der Waals surface area contributed by atoms with E-state index < -0.39 is 107 Å². The van der Waals surface area contributed by atoms with Gasteiger partial charge in [-0.1, -0.05) is 100 Å². The van der Waals surface area contributed by atoms with Crippen LogP contribution in [0.1, 0.15) is 75.5 Å². The average molecular weight is 1010 g/mol. The van der Waals surface area contributed by atoms with E-state index in [1.807, 2.05) is 19.9 Å². The molecule has 0 aliphatic heterocycles. The first-order valence-corrected chi connectivity index (χ1v) is 24.0. The maximum atomic E-state index is 14.2. The third kappa shape index (κ3) is 20.1. The Morgan fingerprint density at radius 3 is 1.80 bits per heavy atom. The molecule has 0 bridgehead atoms. The maximum Gasteiger partial charge on any atom is 1.00 e. The number of aliphatic carboxylic acids is 1. The van der Waals surface area contributed by atoms with Gasteiger partial charge in [-0.05, 0) is 54.2 Å². The van der Waals surface area contributed by atoms with Crippen molar-refractivity contribution >= 4 is 68.6 Å². The molecule has 4 rings (SSSR count). The second kappa shape index (κ2) is 29.1. The minimum atomic E-state index is -4.99. The van der Waals surface area contributed by atoms with E-state index in [-0.39, 0.29) is 67.4 Å². The van der Waals surface area contributed by atoms with Gasteiger partial charge in [0.2, 0.25) is 41.4 Å². The summed E-state index contributed by atoms with van der Waals surface area (Å²) in [5.74, 6) is -7.54. The summed E-state index contributed by atoms with van der Waals surface area (Å²) >= 11 is 0. The Kier molecular flexibility index (Phi) is 24.1. The largest absolute Gasteiger partial charge is 1.00 e. The van der Waals surface area contributed by atoms with E-state index in [1.54, 1.807) is 54.7 Å². The fraction of sp³-hybridized carbons (Fsp3) is 0.404. The van der Waals surface area contributed by atoms with Crippen LogP contribution in [0, 0.1) is 0 Å². The van der Waals surface area contributed by atoms with Crippen molar-refractivity contribution < 1.29 is 90.2 Å². The third-order valence-electron chi connectivity index (χ3n) is 11.0. The molecule has 0 fully saturated rings. The summed E-state index contributed by atoms with van der Waals surface area (Å²) in [6, 6.07) is 13.2. The molecular weight excluding hydrogens is 954 g/mol. The number of unbranched alkanes of at least 4 members (excludes halogenated alkanes) is 2. The topological polar surface area (TPSA) is 363 Å². The number of H-pyrrole nitrogens is 1. The van der Waals surface area contributed by atoms with Crippen molar-refractivity contribution in [1.82, 2.24) is 36.9 Å². The average Bonchev–Trinajstić information content (AvgIpc) is 3.72. The number of nitrogens with two attached hydrogens (primary N) is 2. The molecule has 0 spiro atoms. The van der Waals surface area contributed by atoms with Gasteiger partial charge < -0.3 is 62.2 Å². The number of fused-ring (bicyclic) bond motifs is 1. The molecule has 12 N–H and O–H groups in total. The molecule has 71 heavy (non-hydrogen) atoms. The molecule has 1 aromatic heterocycles. The monoisotopic (exact) mass is 1010 g/mol. The van der Waals surface area contributed by atoms with E-state index in [9.17, 15) is 56.4 Å². The first-order chi connectivity index (χ1) is 33.3. The van der Waals surface area contributed by atoms with Gasteiger partial charge in [-0.25, -0.2) is 8.42 Å². The number of carbonyl (C=O) groups is 8. The standard InChI is InChI=1S/C47H61N9O13S.Na/c1-3-5-15-35(53-43(61)33(48)22-29-18-20-31(21-19-29)69-70(66,67)68)44(62)51-27-40(57)52-38(24-30-26-50-34-17-11-10-14-32(30)34)46(64)54-36(16-6-4-2)45(63)56-39(25-41(58)59)47(65)55-37(42(49)60)23-28-12-8-7-9-13-28;/h7-14,17-21,26,33,35-39,50H,3-6,15-16,22-25,27,48H2,1-2H3,(H2,49,60)(H,51,62)(H,52,57)(H,53,61)(H,54,64)(H,55,65)(H,56,63)(H,58,59)(H,66,67,68);/q;+1/p-1/t33-,35-,36-,37-,38-,39-;/m0./s1. The minimum Gasteiger partial charge on any atom is -0.716 e. The van der Waals surface area contributed by atoms with Gasteiger partial charge in [-0.2, -0.15) is 0 Å². The smallest absolute Gasteiger partial charge is 0.716 e. The van der Waals surface area contributed by atoms with E-state index in [4.69, 9.17) is 11.5 Å². The first-order valence-electron chi connectivity index (χ1n) is 22.6. The van der Waals surface area contributed by atoms with E-state index in [0.29, 0.717) is 42.4 Å². The summed E-state index contributed by atoms with van der Waals surface area (Å²) in [6.45, 7) is 3.07. The van der Waals surface area contributed by atoms with Gasteiger partial charge in [0.05, 0.1) is 19.0 Å². The molecule has 24 heteroatoms. The number of rotatable bonds is 29. The quantitative estimate of drug-likeness (QED) is 0.0150. The molecule has 3 aromatic carbocycles. The maximum absolute atomic E-state index is 14.2. The van der Waals surface area contributed by atoms with E-state index >= 15 is 0 Å². The Hall–Kier alpha value is -6.37. The molecule has 0 radical (unpaired) electrons. The zero-order chi connectivity index (χ0) is 51.4. The Morgan fingerprint density at radius 2 is 1.20 bits per heavy atom. The van der Waals surface area contributed by atoms with Crippen LogP contribution in [0.4, 0.5) is 0 Å². The molecule has 4 aromatic rings. The molecule has 0 aliphatic carbocycles. The third-order valence-corrected chi connectivity index (χ3v) is 11.4. The number of carboxylic acid groups (broad SMARTS) is 1. The van der Waals surface area contributed by atoms with E-state index in [1.165, 1.54) is 24.3 Å².